The van der Waals surface area contributed by atoms with Crippen molar-refractivity contribution in [1.82, 2.24) is 9.97 Å². The molecule has 0 bridgehead atoms. The summed E-state index contributed by atoms with van der Waals surface area (Å²) in [6.45, 7) is 1.86. The molecule has 0 atom stereocenters. The molecule has 2 aromatic carbocycles. The van der Waals surface area contributed by atoms with Crippen molar-refractivity contribution in [3.63, 3.8) is 0 Å². The lowest BCUT2D eigenvalue weighted by atomic mass is 10.2. The molecule has 0 saturated heterocycles. The van der Waals surface area contributed by atoms with Gasteiger partial charge in [-0.3, -0.25) is 4.72 Å². The molecule has 0 amide bonds. The molecule has 0 aliphatic heterocycles. The highest BCUT2D eigenvalue weighted by Gasteiger charge is 2.14. The number of aryl methyl sites for hydroxylation is 1. The zero-order valence-corrected chi connectivity index (χ0v) is 18.9. The number of methoxy groups -OCH3 is 2. The molecule has 1 heterocycles. The summed E-state index contributed by atoms with van der Waals surface area (Å²) in [6, 6.07) is 10.6. The minimum atomic E-state index is -3.48. The van der Waals surface area contributed by atoms with Crippen LogP contribution in [0.4, 0.5) is 28.8 Å². The van der Waals surface area contributed by atoms with Crippen LogP contribution < -0.4 is 24.8 Å². The van der Waals surface area contributed by atoms with Crippen LogP contribution in [0.25, 0.3) is 0 Å². The zero-order chi connectivity index (χ0) is 22.6. The number of hydrogen-bond donors (Lipinski definition) is 3. The van der Waals surface area contributed by atoms with Gasteiger partial charge >= 0.3 is 0 Å². The first kappa shape index (κ1) is 22.4. The summed E-state index contributed by atoms with van der Waals surface area (Å²) in [7, 11) is -0.394. The van der Waals surface area contributed by atoms with Crippen molar-refractivity contribution in [2.24, 2.45) is 0 Å². The number of sulfonamides is 1. The molecule has 0 spiro atoms. The van der Waals surface area contributed by atoms with E-state index in [1.807, 2.05) is 13.0 Å². The first-order valence-corrected chi connectivity index (χ1v) is 11.3. The summed E-state index contributed by atoms with van der Waals surface area (Å²) in [5.74, 6) is 1.59. The van der Waals surface area contributed by atoms with E-state index < -0.39 is 10.0 Å². The van der Waals surface area contributed by atoms with Crippen LogP contribution >= 0.6 is 11.6 Å². The van der Waals surface area contributed by atoms with Crippen LogP contribution in [0.5, 0.6) is 11.5 Å². The molecule has 0 unspecified atom stereocenters. The summed E-state index contributed by atoms with van der Waals surface area (Å²) in [5.41, 5.74) is 2.35. The SMILES string of the molecule is COc1cccc(Nc2ncc(Cl)c(Nc3ccc(C)cc3NS(C)(=O)=O)n2)c1OC. The van der Waals surface area contributed by atoms with Crippen LogP contribution in [0, 0.1) is 6.92 Å². The minimum absolute atomic E-state index is 0.253. The first-order chi connectivity index (χ1) is 14.7. The van der Waals surface area contributed by atoms with Gasteiger partial charge in [-0.2, -0.15) is 4.98 Å². The molecule has 164 valence electrons. The Labute approximate surface area is 185 Å². The predicted octanol–water partition coefficient (Wildman–Crippen LogP) is 4.31. The van der Waals surface area contributed by atoms with Gasteiger partial charge in [0, 0.05) is 0 Å². The van der Waals surface area contributed by atoms with E-state index in [0.29, 0.717) is 34.4 Å². The van der Waals surface area contributed by atoms with E-state index in [2.05, 4.69) is 25.3 Å². The largest absolute Gasteiger partial charge is 0.493 e. The lowest BCUT2D eigenvalue weighted by molar-refractivity contribution is 0.356. The van der Waals surface area contributed by atoms with E-state index in [9.17, 15) is 8.42 Å². The fourth-order valence-electron chi connectivity index (χ4n) is 2.80. The highest BCUT2D eigenvalue weighted by molar-refractivity contribution is 7.92. The summed E-state index contributed by atoms with van der Waals surface area (Å²) >= 11 is 6.27. The molecule has 0 aliphatic rings. The molecule has 3 aromatic rings. The molecule has 3 N–H and O–H groups in total. The average molecular weight is 464 g/mol. The normalized spacial score (nSPS) is 11.0. The Hall–Kier alpha value is -3.24. The molecule has 1 aromatic heterocycles. The van der Waals surface area contributed by atoms with Gasteiger partial charge in [-0.05, 0) is 36.8 Å². The Balaban J connectivity index is 1.93. The number of benzene rings is 2. The van der Waals surface area contributed by atoms with Gasteiger partial charge in [0.15, 0.2) is 17.3 Å². The third kappa shape index (κ3) is 5.68. The van der Waals surface area contributed by atoms with Crippen LogP contribution in [-0.2, 0) is 10.0 Å². The summed E-state index contributed by atoms with van der Waals surface area (Å²) in [6.07, 6.45) is 2.52. The van der Waals surface area contributed by atoms with E-state index in [1.165, 1.54) is 13.3 Å². The fraction of sp³-hybridized carbons (Fsp3) is 0.200. The monoisotopic (exact) mass is 463 g/mol. The molecule has 9 nitrogen and oxygen atoms in total. The topological polar surface area (TPSA) is 114 Å². The molecule has 0 saturated carbocycles. The number of nitrogens with zero attached hydrogens (tertiary/aromatic N) is 2. The molecule has 0 fully saturated rings. The fourth-order valence-corrected chi connectivity index (χ4v) is 3.51. The standard InChI is InChI=1S/C20H22ClN5O4S/c1-12-8-9-14(16(10-12)26-31(4,27)28)23-19-13(21)11-22-20(25-19)24-15-6-5-7-17(29-2)18(15)30-3/h5-11,26H,1-4H3,(H2,22,23,24,25). The maximum absolute atomic E-state index is 11.7. The second-order valence-corrected chi connectivity index (χ2v) is 8.76. The molecular weight excluding hydrogens is 442 g/mol. The Morgan fingerprint density at radius 3 is 2.45 bits per heavy atom. The molecular formula is C20H22ClN5O4S. The van der Waals surface area contributed by atoms with Gasteiger partial charge in [0.2, 0.25) is 16.0 Å². The van der Waals surface area contributed by atoms with Crippen LogP contribution in [0.15, 0.2) is 42.6 Å². The molecule has 11 heteroatoms. The van der Waals surface area contributed by atoms with Crippen molar-refractivity contribution in [2.45, 2.75) is 6.92 Å². The van der Waals surface area contributed by atoms with Gasteiger partial charge < -0.3 is 20.1 Å². The van der Waals surface area contributed by atoms with Crippen LogP contribution in [0.3, 0.4) is 0 Å². The second-order valence-electron chi connectivity index (χ2n) is 6.60. The van der Waals surface area contributed by atoms with Crippen molar-refractivity contribution in [3.05, 3.63) is 53.2 Å². The number of para-hydroxylation sites is 1. The van der Waals surface area contributed by atoms with Gasteiger partial charge in [-0.15, -0.1) is 0 Å². The van der Waals surface area contributed by atoms with Crippen molar-refractivity contribution in [2.75, 3.05) is 35.8 Å². The van der Waals surface area contributed by atoms with Crippen LogP contribution in [0.2, 0.25) is 5.02 Å². The average Bonchev–Trinajstić information content (AvgIpc) is 2.71. The van der Waals surface area contributed by atoms with E-state index in [-0.39, 0.29) is 11.0 Å². The summed E-state index contributed by atoms with van der Waals surface area (Å²) < 4.78 is 36.7. The maximum Gasteiger partial charge on any atom is 0.229 e. The zero-order valence-electron chi connectivity index (χ0n) is 17.4. The van der Waals surface area contributed by atoms with Crippen molar-refractivity contribution < 1.29 is 17.9 Å². The Morgan fingerprint density at radius 1 is 1.00 bits per heavy atom. The van der Waals surface area contributed by atoms with Crippen molar-refractivity contribution in [1.29, 1.82) is 0 Å². The van der Waals surface area contributed by atoms with E-state index >= 15 is 0 Å². The number of aromatic nitrogens is 2. The second kappa shape index (κ2) is 9.27. The van der Waals surface area contributed by atoms with Crippen LogP contribution in [-0.4, -0.2) is 38.9 Å². The van der Waals surface area contributed by atoms with E-state index in [4.69, 9.17) is 21.1 Å². The lowest BCUT2D eigenvalue weighted by Crippen LogP contribution is -2.11. The smallest absolute Gasteiger partial charge is 0.229 e. The quantitative estimate of drug-likeness (QED) is 0.452. The van der Waals surface area contributed by atoms with Gasteiger partial charge in [0.05, 0.1) is 43.7 Å². The minimum Gasteiger partial charge on any atom is -0.493 e. The predicted molar refractivity (Wildman–Crippen MR) is 123 cm³/mol. The van der Waals surface area contributed by atoms with Crippen molar-refractivity contribution >= 4 is 50.5 Å². The number of anilines is 5. The third-order valence-electron chi connectivity index (χ3n) is 4.12. The maximum atomic E-state index is 11.7. The first-order valence-electron chi connectivity index (χ1n) is 9.06. The third-order valence-corrected chi connectivity index (χ3v) is 4.98. The summed E-state index contributed by atoms with van der Waals surface area (Å²) in [5, 5.41) is 6.40. The molecule has 0 radical (unpaired) electrons. The molecule has 0 aliphatic carbocycles. The molecule has 31 heavy (non-hydrogen) atoms. The number of ether oxygens (including phenoxy) is 2. The Morgan fingerprint density at radius 2 is 1.77 bits per heavy atom. The lowest BCUT2D eigenvalue weighted by Gasteiger charge is -2.16. The van der Waals surface area contributed by atoms with Crippen LogP contribution in [0.1, 0.15) is 5.56 Å². The highest BCUT2D eigenvalue weighted by atomic mass is 35.5. The Kier molecular flexibility index (Phi) is 6.71. The number of nitrogens with one attached hydrogen (secondary N) is 3. The Bertz CT molecular complexity index is 1200. The number of hydrogen-bond acceptors (Lipinski definition) is 8. The molecule has 3 rings (SSSR count). The highest BCUT2D eigenvalue weighted by Crippen LogP contribution is 2.36. The van der Waals surface area contributed by atoms with Crippen molar-refractivity contribution in [3.8, 4) is 11.5 Å². The van der Waals surface area contributed by atoms with Gasteiger partial charge in [0.25, 0.3) is 0 Å². The van der Waals surface area contributed by atoms with Gasteiger partial charge in [-0.25, -0.2) is 13.4 Å². The van der Waals surface area contributed by atoms with Gasteiger partial charge in [-0.1, -0.05) is 23.7 Å². The van der Waals surface area contributed by atoms with Gasteiger partial charge in [0.1, 0.15) is 5.02 Å². The number of rotatable bonds is 8. The number of halogens is 1. The summed E-state index contributed by atoms with van der Waals surface area (Å²) in [4.78, 5) is 8.62. The van der Waals surface area contributed by atoms with E-state index in [1.54, 1.807) is 37.4 Å². The van der Waals surface area contributed by atoms with E-state index in [0.717, 1.165) is 11.8 Å².